The topological polar surface area (TPSA) is 46.0 Å². The summed E-state index contributed by atoms with van der Waals surface area (Å²) < 4.78 is 5.96. The smallest absolute Gasteiger partial charge is 0.193 e. The van der Waals surface area contributed by atoms with E-state index in [9.17, 15) is 4.79 Å². The van der Waals surface area contributed by atoms with Gasteiger partial charge in [-0.25, -0.2) is 0 Å². The summed E-state index contributed by atoms with van der Waals surface area (Å²) in [6.45, 7) is 1.98. The third-order valence-electron chi connectivity index (χ3n) is 3.74. The molecule has 2 aromatic carbocycles. The molecule has 0 radical (unpaired) electrons. The average Bonchev–Trinajstić information content (AvgIpc) is 2.90. The number of aromatic amines is 1. The molecule has 3 heteroatoms. The molecule has 0 fully saturated rings. The zero-order valence-electron chi connectivity index (χ0n) is 11.5. The SMILES string of the molecule is Cc1ccc2c(=O)cc(-c3c[nH]c4ccccc34)oc2c1. The van der Waals surface area contributed by atoms with E-state index in [-0.39, 0.29) is 5.43 Å². The van der Waals surface area contributed by atoms with E-state index in [2.05, 4.69) is 4.98 Å². The normalized spacial score (nSPS) is 11.3. The van der Waals surface area contributed by atoms with Crippen molar-refractivity contribution in [3.8, 4) is 11.3 Å². The van der Waals surface area contributed by atoms with Gasteiger partial charge in [-0.3, -0.25) is 4.79 Å². The van der Waals surface area contributed by atoms with Crippen molar-refractivity contribution in [3.05, 3.63) is 70.5 Å². The molecule has 0 unspecified atom stereocenters. The molecule has 0 spiro atoms. The summed E-state index contributed by atoms with van der Waals surface area (Å²) in [7, 11) is 0. The number of hydrogen-bond donors (Lipinski definition) is 1. The lowest BCUT2D eigenvalue weighted by atomic mass is 10.1. The first-order valence-electron chi connectivity index (χ1n) is 6.83. The first-order chi connectivity index (χ1) is 10.2. The number of nitrogens with one attached hydrogen (secondary N) is 1. The number of fused-ring (bicyclic) bond motifs is 2. The standard InChI is InChI=1S/C18H13NO2/c1-11-6-7-13-16(20)9-18(21-17(13)8-11)14-10-19-15-5-3-2-4-12(14)15/h2-10,19H,1H3. The first-order valence-corrected chi connectivity index (χ1v) is 6.83. The van der Waals surface area contributed by atoms with E-state index in [4.69, 9.17) is 4.42 Å². The number of H-pyrrole nitrogens is 1. The van der Waals surface area contributed by atoms with Crippen LogP contribution in [0.4, 0.5) is 0 Å². The first kappa shape index (κ1) is 12.0. The van der Waals surface area contributed by atoms with Gasteiger partial charge in [-0.2, -0.15) is 0 Å². The number of para-hydroxylation sites is 1. The van der Waals surface area contributed by atoms with Crippen LogP contribution < -0.4 is 5.43 Å². The Morgan fingerprint density at radius 3 is 2.76 bits per heavy atom. The summed E-state index contributed by atoms with van der Waals surface area (Å²) in [4.78, 5) is 15.5. The zero-order chi connectivity index (χ0) is 14.4. The van der Waals surface area contributed by atoms with Gasteiger partial charge in [0.05, 0.1) is 5.39 Å². The maximum atomic E-state index is 12.3. The highest BCUT2D eigenvalue weighted by Crippen LogP contribution is 2.29. The van der Waals surface area contributed by atoms with Crippen molar-refractivity contribution in [2.24, 2.45) is 0 Å². The number of hydrogen-bond acceptors (Lipinski definition) is 2. The van der Waals surface area contributed by atoms with Crippen LogP contribution in [0.3, 0.4) is 0 Å². The molecule has 4 rings (SSSR count). The van der Waals surface area contributed by atoms with Crippen LogP contribution in [0.1, 0.15) is 5.56 Å². The van der Waals surface area contributed by atoms with Gasteiger partial charge in [0.2, 0.25) is 0 Å². The molecule has 0 aliphatic carbocycles. The monoisotopic (exact) mass is 275 g/mol. The fraction of sp³-hybridized carbons (Fsp3) is 0.0556. The Morgan fingerprint density at radius 1 is 1.00 bits per heavy atom. The Hall–Kier alpha value is -2.81. The van der Waals surface area contributed by atoms with Crippen LogP contribution in [0, 0.1) is 6.92 Å². The van der Waals surface area contributed by atoms with Gasteiger partial charge >= 0.3 is 0 Å². The van der Waals surface area contributed by atoms with E-state index >= 15 is 0 Å². The molecule has 21 heavy (non-hydrogen) atoms. The molecule has 0 aliphatic heterocycles. The summed E-state index contributed by atoms with van der Waals surface area (Å²) in [5.41, 5.74) is 3.62. The summed E-state index contributed by atoms with van der Waals surface area (Å²) in [6.07, 6.45) is 1.88. The predicted octanol–water partition coefficient (Wildman–Crippen LogP) is 4.25. The Labute approximate surface area is 120 Å². The Kier molecular flexibility index (Phi) is 2.48. The second kappa shape index (κ2) is 4.35. The molecule has 0 atom stereocenters. The van der Waals surface area contributed by atoms with Crippen molar-refractivity contribution >= 4 is 21.9 Å². The summed E-state index contributed by atoms with van der Waals surface area (Å²) in [5, 5.41) is 1.66. The molecule has 2 heterocycles. The van der Waals surface area contributed by atoms with Gasteiger partial charge in [-0.1, -0.05) is 24.3 Å². The quantitative estimate of drug-likeness (QED) is 0.564. The van der Waals surface area contributed by atoms with Gasteiger partial charge in [0, 0.05) is 28.7 Å². The van der Waals surface area contributed by atoms with E-state index in [1.807, 2.05) is 55.6 Å². The minimum Gasteiger partial charge on any atom is -0.456 e. The van der Waals surface area contributed by atoms with Gasteiger partial charge in [0.15, 0.2) is 5.43 Å². The Morgan fingerprint density at radius 2 is 1.86 bits per heavy atom. The second-order valence-corrected chi connectivity index (χ2v) is 5.22. The van der Waals surface area contributed by atoms with E-state index < -0.39 is 0 Å². The van der Waals surface area contributed by atoms with Gasteiger partial charge in [0.25, 0.3) is 0 Å². The number of aryl methyl sites for hydroxylation is 1. The van der Waals surface area contributed by atoms with Gasteiger partial charge < -0.3 is 9.40 Å². The van der Waals surface area contributed by atoms with Crippen LogP contribution in [-0.4, -0.2) is 4.98 Å². The molecule has 0 saturated carbocycles. The van der Waals surface area contributed by atoms with Gasteiger partial charge in [-0.05, 0) is 30.7 Å². The van der Waals surface area contributed by atoms with Crippen molar-refractivity contribution < 1.29 is 4.42 Å². The van der Waals surface area contributed by atoms with E-state index in [1.165, 1.54) is 0 Å². The molecular formula is C18H13NO2. The minimum atomic E-state index is -0.0171. The lowest BCUT2D eigenvalue weighted by Crippen LogP contribution is -2.00. The Balaban J connectivity index is 2.04. The van der Waals surface area contributed by atoms with Crippen LogP contribution in [0.5, 0.6) is 0 Å². The summed E-state index contributed by atoms with van der Waals surface area (Å²) in [5.74, 6) is 0.593. The van der Waals surface area contributed by atoms with Crippen molar-refractivity contribution in [1.29, 1.82) is 0 Å². The predicted molar refractivity (Wildman–Crippen MR) is 84.5 cm³/mol. The van der Waals surface area contributed by atoms with E-state index in [0.717, 1.165) is 22.0 Å². The average molecular weight is 275 g/mol. The van der Waals surface area contributed by atoms with Crippen LogP contribution in [0.2, 0.25) is 0 Å². The van der Waals surface area contributed by atoms with Crippen molar-refractivity contribution in [2.75, 3.05) is 0 Å². The molecule has 102 valence electrons. The molecular weight excluding hydrogens is 262 g/mol. The van der Waals surface area contributed by atoms with Crippen molar-refractivity contribution in [3.63, 3.8) is 0 Å². The van der Waals surface area contributed by atoms with Gasteiger partial charge in [-0.15, -0.1) is 0 Å². The van der Waals surface area contributed by atoms with Crippen LogP contribution in [0.25, 0.3) is 33.2 Å². The Bertz CT molecular complexity index is 1020. The third-order valence-corrected chi connectivity index (χ3v) is 3.74. The molecule has 3 nitrogen and oxygen atoms in total. The molecule has 1 N–H and O–H groups in total. The van der Waals surface area contributed by atoms with E-state index in [1.54, 1.807) is 6.07 Å². The molecule has 0 saturated heterocycles. The van der Waals surface area contributed by atoms with Gasteiger partial charge in [0.1, 0.15) is 11.3 Å². The lowest BCUT2D eigenvalue weighted by molar-refractivity contribution is 0.619. The number of aromatic nitrogens is 1. The van der Waals surface area contributed by atoms with Crippen molar-refractivity contribution in [1.82, 2.24) is 4.98 Å². The maximum Gasteiger partial charge on any atom is 0.193 e. The number of benzene rings is 2. The summed E-state index contributed by atoms with van der Waals surface area (Å²) in [6, 6.07) is 15.2. The highest BCUT2D eigenvalue weighted by molar-refractivity contribution is 5.94. The molecule has 4 aromatic rings. The lowest BCUT2D eigenvalue weighted by Gasteiger charge is -2.03. The third kappa shape index (κ3) is 1.86. The molecule has 0 aliphatic rings. The second-order valence-electron chi connectivity index (χ2n) is 5.22. The largest absolute Gasteiger partial charge is 0.456 e. The fourth-order valence-corrected chi connectivity index (χ4v) is 2.67. The van der Waals surface area contributed by atoms with Crippen molar-refractivity contribution in [2.45, 2.75) is 6.92 Å². The molecule has 0 bridgehead atoms. The highest BCUT2D eigenvalue weighted by atomic mass is 16.3. The molecule has 0 amide bonds. The van der Waals surface area contributed by atoms with Crippen LogP contribution >= 0.6 is 0 Å². The fourth-order valence-electron chi connectivity index (χ4n) is 2.67. The number of rotatable bonds is 1. The van der Waals surface area contributed by atoms with E-state index in [0.29, 0.717) is 16.7 Å². The summed E-state index contributed by atoms with van der Waals surface area (Å²) >= 11 is 0. The minimum absolute atomic E-state index is 0.0171. The van der Waals surface area contributed by atoms with Crippen LogP contribution in [0.15, 0.2) is 63.9 Å². The van der Waals surface area contributed by atoms with Crippen LogP contribution in [-0.2, 0) is 0 Å². The molecule has 2 aromatic heterocycles. The zero-order valence-corrected chi connectivity index (χ0v) is 11.5. The highest BCUT2D eigenvalue weighted by Gasteiger charge is 2.11. The maximum absolute atomic E-state index is 12.3.